The fourth-order valence-electron chi connectivity index (χ4n) is 1.54. The summed E-state index contributed by atoms with van der Waals surface area (Å²) in [7, 11) is 0. The van der Waals surface area contributed by atoms with E-state index < -0.39 is 0 Å². The summed E-state index contributed by atoms with van der Waals surface area (Å²) >= 11 is 9.38. The number of hydrogen-bond acceptors (Lipinski definition) is 0. The molecule has 0 heterocycles. The second-order valence-corrected chi connectivity index (χ2v) is 5.24. The van der Waals surface area contributed by atoms with Crippen LogP contribution in [0.5, 0.6) is 0 Å². The molecule has 1 atom stereocenters. The zero-order valence-electron chi connectivity index (χ0n) is 8.77. The van der Waals surface area contributed by atoms with E-state index in [1.54, 1.807) is 6.07 Å². The van der Waals surface area contributed by atoms with Gasteiger partial charge in [0.2, 0.25) is 0 Å². The smallest absolute Gasteiger partial charge is 0.124 e. The van der Waals surface area contributed by atoms with Crippen LogP contribution in [0.25, 0.3) is 0 Å². The average molecular weight is 294 g/mol. The highest BCUT2D eigenvalue weighted by molar-refractivity contribution is 9.10. The number of hydrogen-bond donors (Lipinski definition) is 0. The molecule has 0 N–H and O–H groups in total. The first-order chi connectivity index (χ1) is 7.11. The maximum Gasteiger partial charge on any atom is 0.124 e. The second kappa shape index (κ2) is 6.49. The van der Waals surface area contributed by atoms with Gasteiger partial charge in [-0.05, 0) is 43.0 Å². The van der Waals surface area contributed by atoms with E-state index in [1.807, 2.05) is 6.07 Å². The normalized spacial score (nSPS) is 12.8. The molecule has 0 aromatic heterocycles. The lowest BCUT2D eigenvalue weighted by molar-refractivity contribution is 0.621. The van der Waals surface area contributed by atoms with Crippen LogP contribution in [0.1, 0.15) is 31.7 Å². The van der Waals surface area contributed by atoms with Gasteiger partial charge in [0.1, 0.15) is 5.82 Å². The van der Waals surface area contributed by atoms with Crippen LogP contribution in [-0.4, -0.2) is 5.38 Å². The van der Waals surface area contributed by atoms with Gasteiger partial charge < -0.3 is 0 Å². The van der Waals surface area contributed by atoms with E-state index in [-0.39, 0.29) is 11.2 Å². The number of alkyl halides is 1. The summed E-state index contributed by atoms with van der Waals surface area (Å²) in [5.74, 6) is -0.194. The standard InChI is InChI=1S/C12H15BrClF/c1-2-3-11(14)5-4-9-6-10(13)8-12(15)7-9/h6-8,11H,2-5H2,1H3. The van der Waals surface area contributed by atoms with E-state index in [9.17, 15) is 4.39 Å². The van der Waals surface area contributed by atoms with E-state index in [1.165, 1.54) is 6.07 Å². The maximum absolute atomic E-state index is 13.0. The molecule has 3 heteroatoms. The first-order valence-electron chi connectivity index (χ1n) is 5.21. The van der Waals surface area contributed by atoms with Crippen molar-refractivity contribution in [3.63, 3.8) is 0 Å². The minimum absolute atomic E-state index is 0.194. The van der Waals surface area contributed by atoms with Crippen molar-refractivity contribution in [3.8, 4) is 0 Å². The number of benzene rings is 1. The molecule has 0 aliphatic heterocycles. The Balaban J connectivity index is 2.50. The molecule has 0 saturated heterocycles. The van der Waals surface area contributed by atoms with Crippen molar-refractivity contribution in [2.45, 2.75) is 38.0 Å². The highest BCUT2D eigenvalue weighted by Crippen LogP contribution is 2.18. The summed E-state index contributed by atoms with van der Waals surface area (Å²) < 4.78 is 13.8. The van der Waals surface area contributed by atoms with Gasteiger partial charge >= 0.3 is 0 Å². The van der Waals surface area contributed by atoms with Crippen molar-refractivity contribution in [1.82, 2.24) is 0 Å². The molecule has 0 amide bonds. The predicted molar refractivity (Wildman–Crippen MR) is 67.0 cm³/mol. The van der Waals surface area contributed by atoms with Crippen LogP contribution in [0.3, 0.4) is 0 Å². The topological polar surface area (TPSA) is 0 Å². The zero-order chi connectivity index (χ0) is 11.3. The van der Waals surface area contributed by atoms with Crippen molar-refractivity contribution >= 4 is 27.5 Å². The average Bonchev–Trinajstić information content (AvgIpc) is 2.14. The molecule has 1 rings (SSSR count). The lowest BCUT2D eigenvalue weighted by Crippen LogP contribution is -2.00. The van der Waals surface area contributed by atoms with Crippen molar-refractivity contribution in [2.75, 3.05) is 0 Å². The summed E-state index contributed by atoms with van der Waals surface area (Å²) in [5.41, 5.74) is 1.00. The molecule has 0 fully saturated rings. The van der Waals surface area contributed by atoms with Gasteiger partial charge in [-0.3, -0.25) is 0 Å². The first-order valence-corrected chi connectivity index (χ1v) is 6.43. The molecule has 0 spiro atoms. The maximum atomic E-state index is 13.0. The fourth-order valence-corrected chi connectivity index (χ4v) is 2.38. The van der Waals surface area contributed by atoms with Gasteiger partial charge in [0.25, 0.3) is 0 Å². The third-order valence-electron chi connectivity index (χ3n) is 2.27. The van der Waals surface area contributed by atoms with Crippen molar-refractivity contribution < 1.29 is 4.39 Å². The minimum atomic E-state index is -0.194. The largest absolute Gasteiger partial charge is 0.207 e. The lowest BCUT2D eigenvalue weighted by atomic mass is 10.1. The van der Waals surface area contributed by atoms with Crippen LogP contribution in [0.2, 0.25) is 0 Å². The fraction of sp³-hybridized carbons (Fsp3) is 0.500. The van der Waals surface area contributed by atoms with Crippen LogP contribution in [-0.2, 0) is 6.42 Å². The predicted octanol–water partition coefficient (Wildman–Crippen LogP) is 4.93. The molecule has 1 unspecified atom stereocenters. The van der Waals surface area contributed by atoms with Crippen LogP contribution >= 0.6 is 27.5 Å². The summed E-state index contributed by atoms with van der Waals surface area (Å²) in [6.07, 6.45) is 3.87. The summed E-state index contributed by atoms with van der Waals surface area (Å²) in [4.78, 5) is 0. The molecule has 0 bridgehead atoms. The molecule has 0 aliphatic rings. The minimum Gasteiger partial charge on any atom is -0.207 e. The Morgan fingerprint density at radius 1 is 1.33 bits per heavy atom. The Kier molecular flexibility index (Phi) is 5.62. The first kappa shape index (κ1) is 13.0. The van der Waals surface area contributed by atoms with Gasteiger partial charge in [-0.25, -0.2) is 4.39 Å². The number of rotatable bonds is 5. The van der Waals surface area contributed by atoms with Gasteiger partial charge in [-0.1, -0.05) is 29.3 Å². The van der Waals surface area contributed by atoms with Crippen molar-refractivity contribution in [2.24, 2.45) is 0 Å². The SMILES string of the molecule is CCCC(Cl)CCc1cc(F)cc(Br)c1. The number of halogens is 3. The van der Waals surface area contributed by atoms with E-state index in [4.69, 9.17) is 11.6 Å². The van der Waals surface area contributed by atoms with Crippen LogP contribution in [0.15, 0.2) is 22.7 Å². The third kappa shape index (κ3) is 4.98. The molecular weight excluding hydrogens is 278 g/mol. The van der Waals surface area contributed by atoms with Gasteiger partial charge in [0, 0.05) is 9.85 Å². The molecule has 15 heavy (non-hydrogen) atoms. The molecule has 0 aliphatic carbocycles. The molecule has 84 valence electrons. The summed E-state index contributed by atoms with van der Waals surface area (Å²) in [6.45, 7) is 2.12. The second-order valence-electron chi connectivity index (χ2n) is 3.70. The van der Waals surface area contributed by atoms with E-state index in [0.29, 0.717) is 0 Å². The Hall–Kier alpha value is -0.0800. The van der Waals surface area contributed by atoms with Crippen LogP contribution in [0, 0.1) is 5.82 Å². The van der Waals surface area contributed by atoms with Gasteiger partial charge in [-0.15, -0.1) is 11.6 Å². The highest BCUT2D eigenvalue weighted by Gasteiger charge is 2.05. The summed E-state index contributed by atoms with van der Waals surface area (Å²) in [5, 5.41) is 0.206. The zero-order valence-corrected chi connectivity index (χ0v) is 11.1. The lowest BCUT2D eigenvalue weighted by Gasteiger charge is -2.08. The molecule has 1 aromatic rings. The van der Waals surface area contributed by atoms with Crippen molar-refractivity contribution in [1.29, 1.82) is 0 Å². The third-order valence-corrected chi connectivity index (χ3v) is 3.16. The van der Waals surface area contributed by atoms with E-state index in [0.717, 1.165) is 35.7 Å². The molecule has 0 radical (unpaired) electrons. The molecular formula is C12H15BrClF. The summed E-state index contributed by atoms with van der Waals surface area (Å²) in [6, 6.07) is 4.98. The van der Waals surface area contributed by atoms with Gasteiger partial charge in [0.15, 0.2) is 0 Å². The Morgan fingerprint density at radius 3 is 2.67 bits per heavy atom. The number of aryl methyl sites for hydroxylation is 1. The highest BCUT2D eigenvalue weighted by atomic mass is 79.9. The molecule has 0 nitrogen and oxygen atoms in total. The van der Waals surface area contributed by atoms with Gasteiger partial charge in [0.05, 0.1) is 0 Å². The molecule has 0 saturated carbocycles. The van der Waals surface area contributed by atoms with Gasteiger partial charge in [-0.2, -0.15) is 0 Å². The Labute approximate surface area is 104 Å². The van der Waals surface area contributed by atoms with Crippen molar-refractivity contribution in [3.05, 3.63) is 34.1 Å². The van der Waals surface area contributed by atoms with E-state index >= 15 is 0 Å². The van der Waals surface area contributed by atoms with E-state index in [2.05, 4.69) is 22.9 Å². The molecule has 1 aromatic carbocycles. The monoisotopic (exact) mass is 292 g/mol. The quantitative estimate of drug-likeness (QED) is 0.675. The van der Waals surface area contributed by atoms with Crippen LogP contribution < -0.4 is 0 Å². The Bertz CT molecular complexity index is 294. The Morgan fingerprint density at radius 2 is 2.07 bits per heavy atom. The van der Waals surface area contributed by atoms with Crippen LogP contribution in [0.4, 0.5) is 4.39 Å².